The molecule has 0 saturated heterocycles. The summed E-state index contributed by atoms with van der Waals surface area (Å²) in [5, 5.41) is 22.4. The minimum absolute atomic E-state index is 0.0412. The number of benzene rings is 1. The van der Waals surface area contributed by atoms with Crippen molar-refractivity contribution in [3.8, 4) is 17.6 Å². The van der Waals surface area contributed by atoms with E-state index >= 15 is 0 Å². The number of carbonyl (C=O) groups excluding carboxylic acids is 1. The fourth-order valence-corrected chi connectivity index (χ4v) is 3.29. The molecule has 2 heterocycles. The van der Waals surface area contributed by atoms with Crippen LogP contribution in [0.4, 0.5) is 5.82 Å². The molecular weight excluding hydrogens is 318 g/mol. The summed E-state index contributed by atoms with van der Waals surface area (Å²) in [6, 6.07) is 7.28. The first-order valence-corrected chi connectivity index (χ1v) is 8.08. The average Bonchev–Trinajstić information content (AvgIpc) is 2.93. The Labute approximate surface area is 146 Å². The van der Waals surface area contributed by atoms with E-state index in [2.05, 4.69) is 11.4 Å². The Morgan fingerprint density at radius 2 is 2.12 bits per heavy atom. The summed E-state index contributed by atoms with van der Waals surface area (Å²) in [5.41, 5.74) is 1.90. The summed E-state index contributed by atoms with van der Waals surface area (Å²) < 4.78 is 7.12. The van der Waals surface area contributed by atoms with E-state index in [1.54, 1.807) is 24.4 Å². The van der Waals surface area contributed by atoms with Gasteiger partial charge in [0.05, 0.1) is 12.7 Å². The van der Waals surface area contributed by atoms with Crippen LogP contribution in [-0.4, -0.2) is 22.7 Å². The molecule has 3 rings (SSSR count). The summed E-state index contributed by atoms with van der Waals surface area (Å²) in [6.45, 7) is 6.06. The minimum atomic E-state index is -0.277. The maximum absolute atomic E-state index is 12.3. The number of aromatic hydroxyl groups is 1. The molecule has 25 heavy (non-hydrogen) atoms. The van der Waals surface area contributed by atoms with E-state index < -0.39 is 0 Å². The molecule has 2 N–H and O–H groups in total. The van der Waals surface area contributed by atoms with Gasteiger partial charge in [-0.25, -0.2) is 0 Å². The van der Waals surface area contributed by atoms with Gasteiger partial charge in [0.25, 0.3) is 0 Å². The highest BCUT2D eigenvalue weighted by Gasteiger charge is 2.35. The van der Waals surface area contributed by atoms with Gasteiger partial charge in [0, 0.05) is 29.6 Å². The second-order valence-electron chi connectivity index (χ2n) is 7.19. The number of nitrogens with zero attached hydrogens (tertiary/aromatic N) is 2. The number of hydrogen-bond donors (Lipinski definition) is 2. The topological polar surface area (TPSA) is 87.3 Å². The van der Waals surface area contributed by atoms with Gasteiger partial charge in [-0.15, -0.1) is 0 Å². The summed E-state index contributed by atoms with van der Waals surface area (Å²) >= 11 is 0. The maximum atomic E-state index is 12.3. The number of nitrogens with one attached hydrogen (secondary N) is 1. The molecule has 0 saturated carbocycles. The Balaban J connectivity index is 2.22. The minimum Gasteiger partial charge on any atom is -0.504 e. The third-order valence-electron chi connectivity index (χ3n) is 4.49. The van der Waals surface area contributed by atoms with Gasteiger partial charge in [0.15, 0.2) is 11.5 Å². The third kappa shape index (κ3) is 2.82. The number of anilines is 1. The van der Waals surface area contributed by atoms with E-state index in [4.69, 9.17) is 4.74 Å². The summed E-state index contributed by atoms with van der Waals surface area (Å²) in [4.78, 5) is 12.3. The van der Waals surface area contributed by atoms with Crippen molar-refractivity contribution in [2.45, 2.75) is 38.6 Å². The van der Waals surface area contributed by atoms with Gasteiger partial charge < -0.3 is 19.7 Å². The lowest BCUT2D eigenvalue weighted by molar-refractivity contribution is -0.116. The van der Waals surface area contributed by atoms with Crippen LogP contribution in [0.1, 0.15) is 49.8 Å². The molecule has 6 heteroatoms. The highest BCUT2D eigenvalue weighted by atomic mass is 16.5. The van der Waals surface area contributed by atoms with Crippen LogP contribution < -0.4 is 10.1 Å². The van der Waals surface area contributed by atoms with Crippen LogP contribution in [0.3, 0.4) is 0 Å². The normalized spacial score (nSPS) is 16.8. The molecule has 130 valence electrons. The first-order chi connectivity index (χ1) is 11.8. The van der Waals surface area contributed by atoms with Crippen LogP contribution in [0.5, 0.6) is 11.5 Å². The molecule has 1 aromatic heterocycles. The Bertz CT molecular complexity index is 885. The smallest absolute Gasteiger partial charge is 0.226 e. The van der Waals surface area contributed by atoms with Gasteiger partial charge in [-0.05, 0) is 38.5 Å². The molecule has 1 aromatic carbocycles. The second kappa shape index (κ2) is 5.85. The van der Waals surface area contributed by atoms with Gasteiger partial charge in [-0.3, -0.25) is 4.79 Å². The number of hydrogen-bond acceptors (Lipinski definition) is 4. The lowest BCUT2D eigenvalue weighted by Gasteiger charge is -2.29. The molecule has 0 unspecified atom stereocenters. The zero-order valence-electron chi connectivity index (χ0n) is 14.8. The number of amides is 1. The van der Waals surface area contributed by atoms with Gasteiger partial charge in [0.2, 0.25) is 5.91 Å². The first kappa shape index (κ1) is 16.9. The summed E-state index contributed by atoms with van der Waals surface area (Å²) in [7, 11) is 1.48. The van der Waals surface area contributed by atoms with Crippen molar-refractivity contribution in [2.24, 2.45) is 0 Å². The molecule has 1 amide bonds. The van der Waals surface area contributed by atoms with Crippen molar-refractivity contribution in [1.82, 2.24) is 4.57 Å². The quantitative estimate of drug-likeness (QED) is 0.879. The number of rotatable bonds is 2. The lowest BCUT2D eigenvalue weighted by atomic mass is 9.85. The fraction of sp³-hybridized carbons (Fsp3) is 0.368. The zero-order valence-corrected chi connectivity index (χ0v) is 14.8. The van der Waals surface area contributed by atoms with Crippen molar-refractivity contribution >= 4 is 11.7 Å². The number of methoxy groups -OCH3 is 1. The number of aromatic nitrogens is 1. The molecule has 2 aromatic rings. The SMILES string of the molecule is COc1cc([C@@H]2CC(=O)Nc3c2c(C#N)cn3C(C)(C)C)ccc1O. The van der Waals surface area contributed by atoms with Gasteiger partial charge in [-0.1, -0.05) is 6.07 Å². The van der Waals surface area contributed by atoms with Gasteiger partial charge >= 0.3 is 0 Å². The molecule has 0 bridgehead atoms. The van der Waals surface area contributed by atoms with Gasteiger partial charge in [-0.2, -0.15) is 5.26 Å². The Morgan fingerprint density at radius 1 is 1.40 bits per heavy atom. The molecule has 0 spiro atoms. The molecular formula is C19H21N3O3. The van der Waals surface area contributed by atoms with Crippen LogP contribution in [0.15, 0.2) is 24.4 Å². The number of phenols is 1. The fourth-order valence-electron chi connectivity index (χ4n) is 3.29. The van der Waals surface area contributed by atoms with Crippen molar-refractivity contribution in [2.75, 3.05) is 12.4 Å². The highest BCUT2D eigenvalue weighted by molar-refractivity contribution is 5.95. The highest BCUT2D eigenvalue weighted by Crippen LogP contribution is 2.43. The molecule has 0 fully saturated rings. The van der Waals surface area contributed by atoms with E-state index in [1.165, 1.54) is 7.11 Å². The van der Waals surface area contributed by atoms with Crippen molar-refractivity contribution in [3.05, 3.63) is 41.1 Å². The third-order valence-corrected chi connectivity index (χ3v) is 4.49. The average molecular weight is 339 g/mol. The second-order valence-corrected chi connectivity index (χ2v) is 7.19. The molecule has 1 aliphatic rings. The molecule has 1 aliphatic heterocycles. The standard InChI is InChI=1S/C19H21N3O3/c1-19(2,3)22-10-12(9-20)17-13(8-16(24)21-18(17)22)11-5-6-14(23)15(7-11)25-4/h5-7,10,13,23H,8H2,1-4H3,(H,21,24)/t13-/m0/s1. The summed E-state index contributed by atoms with van der Waals surface area (Å²) in [6.07, 6.45) is 2.03. The Morgan fingerprint density at radius 3 is 2.72 bits per heavy atom. The maximum Gasteiger partial charge on any atom is 0.226 e. The van der Waals surface area contributed by atoms with Crippen LogP contribution in [0.25, 0.3) is 0 Å². The molecule has 0 aliphatic carbocycles. The number of phenolic OH excluding ortho intramolecular Hbond substituents is 1. The first-order valence-electron chi connectivity index (χ1n) is 8.08. The van der Waals surface area contributed by atoms with E-state index in [0.29, 0.717) is 17.1 Å². The van der Waals surface area contributed by atoms with Crippen molar-refractivity contribution in [1.29, 1.82) is 5.26 Å². The zero-order chi connectivity index (χ0) is 18.4. The van der Waals surface area contributed by atoms with E-state index in [0.717, 1.165) is 11.1 Å². The molecule has 0 radical (unpaired) electrons. The van der Waals surface area contributed by atoms with E-state index in [-0.39, 0.29) is 29.5 Å². The lowest BCUT2D eigenvalue weighted by Crippen LogP contribution is -2.29. The van der Waals surface area contributed by atoms with Crippen LogP contribution in [0, 0.1) is 11.3 Å². The van der Waals surface area contributed by atoms with E-state index in [9.17, 15) is 15.2 Å². The number of carbonyl (C=O) groups is 1. The predicted molar refractivity (Wildman–Crippen MR) is 93.9 cm³/mol. The Hall–Kier alpha value is -2.94. The van der Waals surface area contributed by atoms with Crippen LogP contribution >= 0.6 is 0 Å². The van der Waals surface area contributed by atoms with Gasteiger partial charge in [0.1, 0.15) is 11.9 Å². The molecule has 6 nitrogen and oxygen atoms in total. The molecule has 1 atom stereocenters. The van der Waals surface area contributed by atoms with E-state index in [1.807, 2.05) is 25.3 Å². The largest absolute Gasteiger partial charge is 0.504 e. The number of ether oxygens (including phenoxy) is 1. The predicted octanol–water partition coefficient (Wildman–Crippen LogP) is 3.30. The van der Waals surface area contributed by atoms with Crippen LogP contribution in [-0.2, 0) is 10.3 Å². The van der Waals surface area contributed by atoms with Crippen LogP contribution in [0.2, 0.25) is 0 Å². The number of nitriles is 1. The van der Waals surface area contributed by atoms with Crippen molar-refractivity contribution < 1.29 is 14.6 Å². The van der Waals surface area contributed by atoms with Crippen molar-refractivity contribution in [3.63, 3.8) is 0 Å². The summed E-state index contributed by atoms with van der Waals surface area (Å²) in [5.74, 6) is 0.685. The Kier molecular flexibility index (Phi) is 3.96. The number of fused-ring (bicyclic) bond motifs is 1. The monoisotopic (exact) mass is 339 g/mol.